The molecule has 1 heterocycles. The summed E-state index contributed by atoms with van der Waals surface area (Å²) in [5.74, 6) is -0.230. The molecule has 0 aromatic heterocycles. The second-order valence-corrected chi connectivity index (χ2v) is 7.83. The lowest BCUT2D eigenvalue weighted by Gasteiger charge is -2.27. The van der Waals surface area contributed by atoms with Gasteiger partial charge < -0.3 is 15.2 Å². The van der Waals surface area contributed by atoms with Gasteiger partial charge in [-0.15, -0.1) is 0 Å². The van der Waals surface area contributed by atoms with E-state index in [0.717, 1.165) is 23.3 Å². The van der Waals surface area contributed by atoms with Crippen molar-refractivity contribution in [2.24, 2.45) is 0 Å². The number of carbonyl (C=O) groups is 2. The monoisotopic (exact) mass is 428 g/mol. The van der Waals surface area contributed by atoms with Crippen LogP contribution in [0.3, 0.4) is 0 Å². The first-order chi connectivity index (χ1) is 14.9. The van der Waals surface area contributed by atoms with Gasteiger partial charge in [0.2, 0.25) is 0 Å². The zero-order chi connectivity index (χ0) is 22.4. The van der Waals surface area contributed by atoms with Crippen LogP contribution in [-0.4, -0.2) is 41.2 Å². The van der Waals surface area contributed by atoms with Crippen molar-refractivity contribution in [3.8, 4) is 5.75 Å². The first kappa shape index (κ1) is 22.7. The summed E-state index contributed by atoms with van der Waals surface area (Å²) in [6.45, 7) is 3.79. The molecule has 0 radical (unpaired) electrons. The molecule has 6 nitrogen and oxygen atoms in total. The number of hydrogen-bond donors (Lipinski definition) is 2. The van der Waals surface area contributed by atoms with Crippen LogP contribution in [-0.2, 0) is 16.8 Å². The van der Waals surface area contributed by atoms with Gasteiger partial charge in [0.25, 0.3) is 5.91 Å². The summed E-state index contributed by atoms with van der Waals surface area (Å²) in [4.78, 5) is 27.0. The van der Waals surface area contributed by atoms with Crippen molar-refractivity contribution >= 4 is 11.9 Å². The second kappa shape index (κ2) is 9.92. The number of unbranched alkanes of at least 4 members (excludes halogenated alkanes) is 1. The highest BCUT2D eigenvalue weighted by atomic mass is 19.1. The number of amides is 3. The molecule has 2 unspecified atom stereocenters. The van der Waals surface area contributed by atoms with Crippen LogP contribution in [0, 0.1) is 5.82 Å². The highest BCUT2D eigenvalue weighted by molar-refractivity contribution is 6.07. The Hall–Kier alpha value is -2.93. The smallest absolute Gasteiger partial charge is 0.325 e. The zero-order valence-corrected chi connectivity index (χ0v) is 17.9. The Morgan fingerprint density at radius 3 is 2.58 bits per heavy atom. The summed E-state index contributed by atoms with van der Waals surface area (Å²) in [6, 6.07) is 12.6. The number of β-amino-alcohol motifs (C(OH)–C–C–N with tert-alkyl or cyclic N) is 1. The molecule has 0 saturated carbocycles. The molecule has 2 N–H and O–H groups in total. The molecule has 0 aliphatic carbocycles. The molecule has 2 aromatic rings. The molecule has 0 bridgehead atoms. The average molecular weight is 429 g/mol. The molecule has 166 valence electrons. The molecule has 7 heteroatoms. The molecular weight excluding hydrogens is 399 g/mol. The van der Waals surface area contributed by atoms with Gasteiger partial charge in [0, 0.05) is 0 Å². The lowest BCUT2D eigenvalue weighted by atomic mass is 9.84. The van der Waals surface area contributed by atoms with E-state index >= 15 is 0 Å². The van der Waals surface area contributed by atoms with E-state index in [-0.39, 0.29) is 13.2 Å². The van der Waals surface area contributed by atoms with Gasteiger partial charge in [-0.25, -0.2) is 9.18 Å². The van der Waals surface area contributed by atoms with Crippen LogP contribution in [0.2, 0.25) is 0 Å². The van der Waals surface area contributed by atoms with Crippen LogP contribution in [0.4, 0.5) is 9.18 Å². The van der Waals surface area contributed by atoms with Crippen molar-refractivity contribution in [3.05, 3.63) is 65.5 Å². The quantitative estimate of drug-likeness (QED) is 0.565. The number of rotatable bonds is 10. The van der Waals surface area contributed by atoms with Gasteiger partial charge in [0.05, 0.1) is 6.54 Å². The Balaban J connectivity index is 1.71. The van der Waals surface area contributed by atoms with Crippen molar-refractivity contribution in [3.63, 3.8) is 0 Å². The number of ether oxygens (including phenoxy) is 1. The summed E-state index contributed by atoms with van der Waals surface area (Å²) in [6.07, 6.45) is 1.75. The molecule has 2 atom stereocenters. The van der Waals surface area contributed by atoms with Crippen LogP contribution in [0.1, 0.15) is 44.2 Å². The Kier molecular flexibility index (Phi) is 7.28. The first-order valence-corrected chi connectivity index (χ1v) is 10.7. The molecule has 31 heavy (non-hydrogen) atoms. The average Bonchev–Trinajstić information content (AvgIpc) is 3.02. The molecule has 1 fully saturated rings. The van der Waals surface area contributed by atoms with Crippen LogP contribution >= 0.6 is 0 Å². The molecule has 0 spiro atoms. The minimum Gasteiger partial charge on any atom is -0.491 e. The number of aryl methyl sites for hydroxylation is 1. The third-order valence-electron chi connectivity index (χ3n) is 5.56. The van der Waals surface area contributed by atoms with Crippen molar-refractivity contribution in [1.29, 1.82) is 0 Å². The third-order valence-corrected chi connectivity index (χ3v) is 5.56. The Bertz CT molecular complexity index is 918. The Morgan fingerprint density at radius 1 is 1.16 bits per heavy atom. The number of aliphatic hydroxyl groups excluding tert-OH is 1. The van der Waals surface area contributed by atoms with E-state index < -0.39 is 29.4 Å². The van der Waals surface area contributed by atoms with Crippen molar-refractivity contribution in [2.45, 2.75) is 51.2 Å². The number of benzene rings is 2. The molecule has 1 aliphatic heterocycles. The Morgan fingerprint density at radius 2 is 1.90 bits per heavy atom. The highest BCUT2D eigenvalue weighted by Gasteiger charge is 2.52. The van der Waals surface area contributed by atoms with Gasteiger partial charge in [-0.2, -0.15) is 0 Å². The van der Waals surface area contributed by atoms with E-state index in [1.54, 1.807) is 6.07 Å². The van der Waals surface area contributed by atoms with Gasteiger partial charge in [-0.3, -0.25) is 9.69 Å². The van der Waals surface area contributed by atoms with Gasteiger partial charge >= 0.3 is 6.03 Å². The predicted molar refractivity (Wildman–Crippen MR) is 115 cm³/mol. The minimum absolute atomic E-state index is 0.0528. The summed E-state index contributed by atoms with van der Waals surface area (Å²) in [5.41, 5.74) is 0.392. The maximum absolute atomic E-state index is 13.4. The Labute approximate surface area is 182 Å². The fourth-order valence-corrected chi connectivity index (χ4v) is 3.79. The minimum atomic E-state index is -1.25. The summed E-state index contributed by atoms with van der Waals surface area (Å²) in [5, 5.41) is 13.2. The number of nitrogens with zero attached hydrogens (tertiary/aromatic N) is 1. The van der Waals surface area contributed by atoms with Crippen LogP contribution in [0.5, 0.6) is 5.75 Å². The van der Waals surface area contributed by atoms with Gasteiger partial charge in [-0.05, 0) is 48.2 Å². The van der Waals surface area contributed by atoms with Crippen molar-refractivity contribution < 1.29 is 23.8 Å². The van der Waals surface area contributed by atoms with Gasteiger partial charge in [0.1, 0.15) is 29.8 Å². The standard InChI is InChI=1S/C24H29FN2O4/c1-3-5-13-24(18-9-11-19(25)12-10-18)22(29)27(23(30)26-24)15-20(28)16-31-21-8-6-7-17(4-2)14-21/h6-12,14,20,28H,3-5,13,15-16H2,1-2H3,(H,26,30). The predicted octanol–water partition coefficient (Wildman–Crippen LogP) is 3.77. The van der Waals surface area contributed by atoms with E-state index in [1.165, 1.54) is 24.3 Å². The fraction of sp³-hybridized carbons (Fsp3) is 0.417. The number of halogens is 1. The second-order valence-electron chi connectivity index (χ2n) is 7.83. The van der Waals surface area contributed by atoms with E-state index in [2.05, 4.69) is 5.32 Å². The number of nitrogens with one attached hydrogen (secondary N) is 1. The SMILES string of the molecule is CCCCC1(c2ccc(F)cc2)NC(=O)N(CC(O)COc2cccc(CC)c2)C1=O. The van der Waals surface area contributed by atoms with Crippen LogP contribution in [0.25, 0.3) is 0 Å². The topological polar surface area (TPSA) is 78.9 Å². The maximum atomic E-state index is 13.4. The maximum Gasteiger partial charge on any atom is 0.325 e. The first-order valence-electron chi connectivity index (χ1n) is 10.7. The summed E-state index contributed by atoms with van der Waals surface area (Å²) < 4.78 is 19.1. The van der Waals surface area contributed by atoms with Crippen molar-refractivity contribution in [1.82, 2.24) is 10.2 Å². The molecule has 3 rings (SSSR count). The number of urea groups is 1. The van der Waals surface area contributed by atoms with Crippen molar-refractivity contribution in [2.75, 3.05) is 13.2 Å². The number of carbonyl (C=O) groups excluding carboxylic acids is 2. The number of imide groups is 1. The molecule has 1 saturated heterocycles. The molecular formula is C24H29FN2O4. The van der Waals surface area contributed by atoms with E-state index in [9.17, 15) is 19.1 Å². The highest BCUT2D eigenvalue weighted by Crippen LogP contribution is 2.34. The number of aliphatic hydroxyl groups is 1. The largest absolute Gasteiger partial charge is 0.491 e. The summed E-state index contributed by atoms with van der Waals surface area (Å²) in [7, 11) is 0. The van der Waals surface area contributed by atoms with Gasteiger partial charge in [-0.1, -0.05) is 51.0 Å². The lowest BCUT2D eigenvalue weighted by Crippen LogP contribution is -2.45. The van der Waals surface area contributed by atoms with E-state index in [1.807, 2.05) is 32.0 Å². The fourth-order valence-electron chi connectivity index (χ4n) is 3.79. The number of hydrogen-bond acceptors (Lipinski definition) is 4. The lowest BCUT2D eigenvalue weighted by molar-refractivity contribution is -0.133. The van der Waals surface area contributed by atoms with Gasteiger partial charge in [0.15, 0.2) is 0 Å². The normalized spacial score (nSPS) is 19.4. The van der Waals surface area contributed by atoms with E-state index in [4.69, 9.17) is 4.74 Å². The van der Waals surface area contributed by atoms with Crippen LogP contribution < -0.4 is 10.1 Å². The molecule has 1 aliphatic rings. The summed E-state index contributed by atoms with van der Waals surface area (Å²) >= 11 is 0. The molecule has 2 aromatic carbocycles. The van der Waals surface area contributed by atoms with Crippen LogP contribution in [0.15, 0.2) is 48.5 Å². The third kappa shape index (κ3) is 5.05. The molecule has 3 amide bonds. The van der Waals surface area contributed by atoms with E-state index in [0.29, 0.717) is 24.2 Å². The zero-order valence-electron chi connectivity index (χ0n) is 17.9.